The van der Waals surface area contributed by atoms with E-state index < -0.39 is 0 Å². The van der Waals surface area contributed by atoms with Crippen molar-refractivity contribution in [3.05, 3.63) is 44.2 Å². The van der Waals surface area contributed by atoms with Gasteiger partial charge in [-0.1, -0.05) is 36.7 Å². The van der Waals surface area contributed by atoms with Crippen molar-refractivity contribution >= 4 is 34.2 Å². The lowest BCUT2D eigenvalue weighted by Crippen LogP contribution is -2.00. The fourth-order valence-electron chi connectivity index (χ4n) is 1.79. The molecule has 0 bridgehead atoms. The third kappa shape index (κ3) is 3.43. The van der Waals surface area contributed by atoms with Gasteiger partial charge in [0.15, 0.2) is 5.82 Å². The van der Waals surface area contributed by atoms with Crippen molar-refractivity contribution in [2.24, 2.45) is 0 Å². The Hall–Kier alpha value is -0.720. The van der Waals surface area contributed by atoms with Crippen LogP contribution in [0.15, 0.2) is 24.3 Å². The fraction of sp³-hybridized carbons (Fsp3) is 0.286. The first-order valence-electron chi connectivity index (χ1n) is 5.95. The summed E-state index contributed by atoms with van der Waals surface area (Å²) in [6.07, 6.45) is 0.839. The molecule has 0 amide bonds. The molecule has 3 nitrogen and oxygen atoms in total. The summed E-state index contributed by atoms with van der Waals surface area (Å²) >= 11 is 8.35. The van der Waals surface area contributed by atoms with E-state index >= 15 is 0 Å². The highest BCUT2D eigenvalue weighted by Gasteiger charge is 2.11. The molecule has 100 valence electrons. The molecule has 0 aliphatic rings. The molecule has 0 saturated carbocycles. The largest absolute Gasteiger partial charge is 0.380 e. The zero-order valence-corrected chi connectivity index (χ0v) is 13.7. The number of hydrogen-bond acceptors (Lipinski definition) is 3. The summed E-state index contributed by atoms with van der Waals surface area (Å²) in [6, 6.07) is 8.01. The first-order chi connectivity index (χ1) is 9.15. The molecule has 0 saturated heterocycles. The lowest BCUT2D eigenvalue weighted by molar-refractivity contribution is 0.185. The lowest BCUT2D eigenvalue weighted by Gasteiger charge is -2.08. The van der Waals surface area contributed by atoms with Gasteiger partial charge in [-0.3, -0.25) is 0 Å². The molecule has 1 aromatic heterocycles. The van der Waals surface area contributed by atoms with Crippen molar-refractivity contribution in [1.29, 1.82) is 0 Å². The molecular formula is C14H14ClIN2O. The van der Waals surface area contributed by atoms with Crippen LogP contribution in [0.2, 0.25) is 5.15 Å². The summed E-state index contributed by atoms with van der Waals surface area (Å²) in [6.45, 7) is 2.64. The fourth-order valence-corrected chi connectivity index (χ4v) is 2.61. The van der Waals surface area contributed by atoms with E-state index in [9.17, 15) is 0 Å². The van der Waals surface area contributed by atoms with Crippen LogP contribution in [0.25, 0.3) is 11.4 Å². The summed E-state index contributed by atoms with van der Waals surface area (Å²) in [7, 11) is 1.68. The van der Waals surface area contributed by atoms with Crippen LogP contribution in [0, 0.1) is 3.57 Å². The van der Waals surface area contributed by atoms with E-state index in [4.69, 9.17) is 16.3 Å². The SMILES string of the molecule is CCc1nc(-c2cccc(COC)c2)nc(Cl)c1I. The van der Waals surface area contributed by atoms with Crippen LogP contribution in [0.4, 0.5) is 0 Å². The van der Waals surface area contributed by atoms with E-state index in [-0.39, 0.29) is 0 Å². The maximum atomic E-state index is 6.17. The van der Waals surface area contributed by atoms with Gasteiger partial charge in [0, 0.05) is 12.7 Å². The molecule has 0 aliphatic carbocycles. The van der Waals surface area contributed by atoms with Gasteiger partial charge in [0.1, 0.15) is 5.15 Å². The zero-order valence-electron chi connectivity index (χ0n) is 10.8. The second-order valence-corrected chi connectivity index (χ2v) is 5.52. The summed E-state index contributed by atoms with van der Waals surface area (Å²) in [4.78, 5) is 8.94. The van der Waals surface area contributed by atoms with Gasteiger partial charge in [-0.2, -0.15) is 0 Å². The highest BCUT2D eigenvalue weighted by atomic mass is 127. The van der Waals surface area contributed by atoms with Gasteiger partial charge in [0.05, 0.1) is 15.9 Å². The molecule has 1 aromatic carbocycles. The monoisotopic (exact) mass is 388 g/mol. The van der Waals surface area contributed by atoms with Crippen LogP contribution < -0.4 is 0 Å². The Kier molecular flexibility index (Phi) is 5.13. The standard InChI is InChI=1S/C14H14ClIN2O/c1-3-11-12(16)13(15)18-14(17-11)10-6-4-5-9(7-10)8-19-2/h4-7H,3,8H2,1-2H3. The highest BCUT2D eigenvalue weighted by molar-refractivity contribution is 14.1. The predicted molar refractivity (Wildman–Crippen MR) is 85.3 cm³/mol. The normalized spacial score (nSPS) is 10.7. The van der Waals surface area contributed by atoms with Crippen molar-refractivity contribution in [3.63, 3.8) is 0 Å². The maximum Gasteiger partial charge on any atom is 0.161 e. The number of ether oxygens (including phenoxy) is 1. The number of methoxy groups -OCH3 is 1. The van der Waals surface area contributed by atoms with Gasteiger partial charge >= 0.3 is 0 Å². The third-order valence-electron chi connectivity index (χ3n) is 2.71. The van der Waals surface area contributed by atoms with Crippen molar-refractivity contribution in [3.8, 4) is 11.4 Å². The van der Waals surface area contributed by atoms with Crippen molar-refractivity contribution < 1.29 is 4.74 Å². The average molecular weight is 389 g/mol. The minimum Gasteiger partial charge on any atom is -0.380 e. The number of halogens is 2. The van der Waals surface area contributed by atoms with Crippen LogP contribution in [0.1, 0.15) is 18.2 Å². The number of rotatable bonds is 4. The molecule has 0 aliphatic heterocycles. The van der Waals surface area contributed by atoms with E-state index in [2.05, 4.69) is 39.5 Å². The molecule has 0 radical (unpaired) electrons. The lowest BCUT2D eigenvalue weighted by atomic mass is 10.1. The van der Waals surface area contributed by atoms with Crippen molar-refractivity contribution in [2.75, 3.05) is 7.11 Å². The van der Waals surface area contributed by atoms with E-state index in [0.29, 0.717) is 17.6 Å². The molecule has 5 heteroatoms. The smallest absolute Gasteiger partial charge is 0.161 e. The molecule has 2 rings (SSSR count). The summed E-state index contributed by atoms with van der Waals surface area (Å²) in [5, 5.41) is 0.514. The van der Waals surface area contributed by atoms with Gasteiger partial charge < -0.3 is 4.74 Å². The van der Waals surface area contributed by atoms with Gasteiger partial charge in [0.25, 0.3) is 0 Å². The minimum atomic E-state index is 0.514. The van der Waals surface area contributed by atoms with Gasteiger partial charge in [-0.15, -0.1) is 0 Å². The Balaban J connectivity index is 2.46. The summed E-state index contributed by atoms with van der Waals surface area (Å²) in [5.41, 5.74) is 3.03. The third-order valence-corrected chi connectivity index (χ3v) is 4.44. The topological polar surface area (TPSA) is 35.0 Å². The first kappa shape index (κ1) is 14.7. The molecule has 0 spiro atoms. The van der Waals surface area contributed by atoms with Crippen molar-refractivity contribution in [1.82, 2.24) is 9.97 Å². The first-order valence-corrected chi connectivity index (χ1v) is 7.41. The molecule has 0 fully saturated rings. The van der Waals surface area contributed by atoms with E-state index in [1.807, 2.05) is 24.3 Å². The molecule has 0 N–H and O–H groups in total. The summed E-state index contributed by atoms with van der Waals surface area (Å²) < 4.78 is 6.07. The average Bonchev–Trinajstić information content (AvgIpc) is 2.42. The molecule has 0 unspecified atom stereocenters. The highest BCUT2D eigenvalue weighted by Crippen LogP contribution is 2.24. The van der Waals surface area contributed by atoms with Gasteiger partial charge in [-0.05, 0) is 40.6 Å². The maximum absolute atomic E-state index is 6.17. The Bertz CT molecular complexity index is 590. The minimum absolute atomic E-state index is 0.514. The number of nitrogens with zero attached hydrogens (tertiary/aromatic N) is 2. The Morgan fingerprint density at radius 1 is 1.32 bits per heavy atom. The van der Waals surface area contributed by atoms with Gasteiger partial charge in [-0.25, -0.2) is 9.97 Å². The second-order valence-electron chi connectivity index (χ2n) is 4.09. The Morgan fingerprint density at radius 3 is 2.79 bits per heavy atom. The van der Waals surface area contributed by atoms with E-state index in [1.165, 1.54) is 0 Å². The molecule has 19 heavy (non-hydrogen) atoms. The zero-order chi connectivity index (χ0) is 13.8. The van der Waals surface area contributed by atoms with Crippen LogP contribution in [0.3, 0.4) is 0 Å². The number of aryl methyl sites for hydroxylation is 1. The van der Waals surface area contributed by atoms with E-state index in [0.717, 1.165) is 26.8 Å². The molecule has 0 atom stereocenters. The van der Waals surface area contributed by atoms with Crippen LogP contribution in [-0.4, -0.2) is 17.1 Å². The van der Waals surface area contributed by atoms with Crippen LogP contribution in [-0.2, 0) is 17.8 Å². The molecule has 2 aromatic rings. The molecular weight excluding hydrogens is 375 g/mol. The Morgan fingerprint density at radius 2 is 2.11 bits per heavy atom. The number of aromatic nitrogens is 2. The van der Waals surface area contributed by atoms with Gasteiger partial charge in [0.2, 0.25) is 0 Å². The van der Waals surface area contributed by atoms with Crippen LogP contribution in [0.5, 0.6) is 0 Å². The Labute approximate surface area is 131 Å². The molecule has 1 heterocycles. The van der Waals surface area contributed by atoms with Crippen molar-refractivity contribution in [2.45, 2.75) is 20.0 Å². The summed E-state index contributed by atoms with van der Waals surface area (Å²) in [5.74, 6) is 0.667. The quantitative estimate of drug-likeness (QED) is 0.584. The van der Waals surface area contributed by atoms with Crippen LogP contribution >= 0.6 is 34.2 Å². The number of hydrogen-bond donors (Lipinski definition) is 0. The number of benzene rings is 1. The second kappa shape index (κ2) is 6.63. The predicted octanol–water partition coefficient (Wildman–Crippen LogP) is 4.11. The van der Waals surface area contributed by atoms with E-state index in [1.54, 1.807) is 7.11 Å².